The Morgan fingerprint density at radius 2 is 2.26 bits per heavy atom. The summed E-state index contributed by atoms with van der Waals surface area (Å²) in [6, 6.07) is 5.79. The molecule has 0 atom stereocenters. The summed E-state index contributed by atoms with van der Waals surface area (Å²) in [5.74, 6) is 0.158. The molecule has 2 N–H and O–H groups in total. The lowest BCUT2D eigenvalue weighted by Crippen LogP contribution is -2.45. The van der Waals surface area contributed by atoms with Gasteiger partial charge in [-0.25, -0.2) is 0 Å². The first-order chi connectivity index (χ1) is 9.15. The molecule has 1 aromatic rings. The van der Waals surface area contributed by atoms with Crippen LogP contribution in [0, 0.1) is 0 Å². The summed E-state index contributed by atoms with van der Waals surface area (Å²) in [6.45, 7) is 0.738. The van der Waals surface area contributed by atoms with Crippen molar-refractivity contribution in [2.24, 2.45) is 0 Å². The fourth-order valence-corrected chi connectivity index (χ4v) is 3.12. The average molecular weight is 260 g/mol. The SMILES string of the molecule is COC1(CC(=O)N2CCc3c(N)cccc32)CCC1. The summed E-state index contributed by atoms with van der Waals surface area (Å²) in [7, 11) is 1.71. The highest BCUT2D eigenvalue weighted by Gasteiger charge is 2.41. The first kappa shape index (κ1) is 12.5. The van der Waals surface area contributed by atoms with E-state index >= 15 is 0 Å². The first-order valence-electron chi connectivity index (χ1n) is 6.88. The van der Waals surface area contributed by atoms with Gasteiger partial charge in [-0.3, -0.25) is 4.79 Å². The van der Waals surface area contributed by atoms with Crippen molar-refractivity contribution in [3.8, 4) is 0 Å². The van der Waals surface area contributed by atoms with Crippen LogP contribution in [0.1, 0.15) is 31.2 Å². The lowest BCUT2D eigenvalue weighted by molar-refractivity contribution is -0.131. The van der Waals surface area contributed by atoms with Crippen LogP contribution in [-0.4, -0.2) is 25.2 Å². The molecule has 4 nitrogen and oxygen atoms in total. The van der Waals surface area contributed by atoms with Gasteiger partial charge in [-0.15, -0.1) is 0 Å². The van der Waals surface area contributed by atoms with E-state index in [1.165, 1.54) is 0 Å². The van der Waals surface area contributed by atoms with Crippen molar-refractivity contribution in [1.29, 1.82) is 0 Å². The molecular weight excluding hydrogens is 240 g/mol. The molecule has 0 spiro atoms. The third-order valence-corrected chi connectivity index (χ3v) is 4.54. The van der Waals surface area contributed by atoms with Crippen molar-refractivity contribution in [3.05, 3.63) is 23.8 Å². The van der Waals surface area contributed by atoms with E-state index < -0.39 is 0 Å². The lowest BCUT2D eigenvalue weighted by atomic mass is 9.77. The molecule has 1 saturated carbocycles. The van der Waals surface area contributed by atoms with E-state index in [1.54, 1.807) is 7.11 Å². The number of carbonyl (C=O) groups is 1. The zero-order valence-electron chi connectivity index (χ0n) is 11.3. The molecule has 19 heavy (non-hydrogen) atoms. The van der Waals surface area contributed by atoms with E-state index in [4.69, 9.17) is 10.5 Å². The maximum atomic E-state index is 12.5. The third-order valence-electron chi connectivity index (χ3n) is 4.54. The van der Waals surface area contributed by atoms with Gasteiger partial charge in [0, 0.05) is 30.6 Å². The Hall–Kier alpha value is -1.55. The molecule has 0 unspecified atom stereocenters. The van der Waals surface area contributed by atoms with Crippen LogP contribution in [0.15, 0.2) is 18.2 Å². The minimum atomic E-state index is -0.208. The number of amides is 1. The van der Waals surface area contributed by atoms with Gasteiger partial charge in [0.2, 0.25) is 5.91 Å². The molecule has 2 aliphatic rings. The van der Waals surface area contributed by atoms with Crippen molar-refractivity contribution >= 4 is 17.3 Å². The average Bonchev–Trinajstić information content (AvgIpc) is 2.79. The summed E-state index contributed by atoms with van der Waals surface area (Å²) < 4.78 is 5.54. The van der Waals surface area contributed by atoms with E-state index in [-0.39, 0.29) is 11.5 Å². The predicted molar refractivity (Wildman–Crippen MR) is 75.1 cm³/mol. The van der Waals surface area contributed by atoms with E-state index in [9.17, 15) is 4.79 Å². The van der Waals surface area contributed by atoms with Crippen molar-refractivity contribution < 1.29 is 9.53 Å². The summed E-state index contributed by atoms with van der Waals surface area (Å²) >= 11 is 0. The fourth-order valence-electron chi connectivity index (χ4n) is 3.12. The molecule has 1 aliphatic heterocycles. The molecule has 0 bridgehead atoms. The maximum absolute atomic E-state index is 12.5. The third kappa shape index (κ3) is 2.00. The number of hydrogen-bond acceptors (Lipinski definition) is 3. The number of nitrogen functional groups attached to an aromatic ring is 1. The highest BCUT2D eigenvalue weighted by molar-refractivity contribution is 5.97. The smallest absolute Gasteiger partial charge is 0.229 e. The van der Waals surface area contributed by atoms with Crippen molar-refractivity contribution in [3.63, 3.8) is 0 Å². The Bertz CT molecular complexity index is 503. The van der Waals surface area contributed by atoms with Gasteiger partial charge in [0.05, 0.1) is 12.0 Å². The number of benzene rings is 1. The second-order valence-corrected chi connectivity index (χ2v) is 5.56. The highest BCUT2D eigenvalue weighted by Crippen LogP contribution is 2.40. The van der Waals surface area contributed by atoms with Gasteiger partial charge in [-0.2, -0.15) is 0 Å². The van der Waals surface area contributed by atoms with Crippen LogP contribution in [0.5, 0.6) is 0 Å². The maximum Gasteiger partial charge on any atom is 0.229 e. The fraction of sp³-hybridized carbons (Fsp3) is 0.533. The standard InChI is InChI=1S/C15H20N2O2/c1-19-15(7-3-8-15)10-14(18)17-9-6-11-12(16)4-2-5-13(11)17/h2,4-5H,3,6-10,16H2,1H3. The molecule has 0 saturated heterocycles. The molecule has 1 fully saturated rings. The normalized spacial score (nSPS) is 19.9. The number of anilines is 2. The molecule has 1 amide bonds. The van der Waals surface area contributed by atoms with Crippen molar-refractivity contribution in [2.75, 3.05) is 24.3 Å². The molecular formula is C15H20N2O2. The Morgan fingerprint density at radius 3 is 2.89 bits per heavy atom. The van der Waals surface area contributed by atoms with Gasteiger partial charge in [0.1, 0.15) is 0 Å². The van der Waals surface area contributed by atoms with E-state index in [1.807, 2.05) is 23.1 Å². The zero-order valence-corrected chi connectivity index (χ0v) is 11.3. The number of rotatable bonds is 3. The summed E-state index contributed by atoms with van der Waals surface area (Å²) in [5.41, 5.74) is 8.63. The lowest BCUT2D eigenvalue weighted by Gasteiger charge is -2.40. The van der Waals surface area contributed by atoms with E-state index in [0.29, 0.717) is 6.42 Å². The number of hydrogen-bond donors (Lipinski definition) is 1. The van der Waals surface area contributed by atoms with Crippen LogP contribution < -0.4 is 10.6 Å². The molecule has 102 valence electrons. The second kappa shape index (κ2) is 4.53. The molecule has 0 aromatic heterocycles. The molecule has 3 rings (SSSR count). The number of methoxy groups -OCH3 is 1. The number of nitrogens with two attached hydrogens (primary N) is 1. The van der Waals surface area contributed by atoms with Crippen LogP contribution in [0.2, 0.25) is 0 Å². The monoisotopic (exact) mass is 260 g/mol. The van der Waals surface area contributed by atoms with Crippen molar-refractivity contribution in [2.45, 2.75) is 37.7 Å². The molecule has 1 aromatic carbocycles. The minimum absolute atomic E-state index is 0.158. The van der Waals surface area contributed by atoms with Gasteiger partial charge in [0.25, 0.3) is 0 Å². The Labute approximate surface area is 113 Å². The largest absolute Gasteiger partial charge is 0.398 e. The molecule has 0 radical (unpaired) electrons. The van der Waals surface area contributed by atoms with Crippen LogP contribution in [0.3, 0.4) is 0 Å². The Kier molecular flexibility index (Phi) is 2.97. The molecule has 1 aliphatic carbocycles. The molecule has 4 heteroatoms. The summed E-state index contributed by atoms with van der Waals surface area (Å²) in [5, 5.41) is 0. The second-order valence-electron chi connectivity index (χ2n) is 5.56. The number of ether oxygens (including phenoxy) is 1. The van der Waals surface area contributed by atoms with Crippen LogP contribution in [0.4, 0.5) is 11.4 Å². The minimum Gasteiger partial charge on any atom is -0.398 e. The number of fused-ring (bicyclic) bond motifs is 1. The Morgan fingerprint density at radius 1 is 1.47 bits per heavy atom. The quantitative estimate of drug-likeness (QED) is 0.847. The zero-order chi connectivity index (χ0) is 13.5. The van der Waals surface area contributed by atoms with Crippen LogP contribution in [-0.2, 0) is 16.0 Å². The summed E-state index contributed by atoms with van der Waals surface area (Å²) in [6.07, 6.45) is 4.48. The Balaban J connectivity index is 1.78. The topological polar surface area (TPSA) is 55.6 Å². The molecule has 1 heterocycles. The number of carbonyl (C=O) groups excluding carboxylic acids is 1. The van der Waals surface area contributed by atoms with Gasteiger partial charge in [0.15, 0.2) is 0 Å². The van der Waals surface area contributed by atoms with Gasteiger partial charge in [-0.1, -0.05) is 6.07 Å². The predicted octanol–water partition coefficient (Wildman–Crippen LogP) is 2.12. The highest BCUT2D eigenvalue weighted by atomic mass is 16.5. The van der Waals surface area contributed by atoms with Crippen molar-refractivity contribution in [1.82, 2.24) is 0 Å². The van der Waals surface area contributed by atoms with Crippen LogP contribution in [0.25, 0.3) is 0 Å². The van der Waals surface area contributed by atoms with Gasteiger partial charge >= 0.3 is 0 Å². The first-order valence-corrected chi connectivity index (χ1v) is 6.88. The van der Waals surface area contributed by atoms with E-state index in [0.717, 1.165) is 49.2 Å². The van der Waals surface area contributed by atoms with Gasteiger partial charge < -0.3 is 15.4 Å². The summed E-state index contributed by atoms with van der Waals surface area (Å²) in [4.78, 5) is 14.4. The van der Waals surface area contributed by atoms with Crippen LogP contribution >= 0.6 is 0 Å². The van der Waals surface area contributed by atoms with Gasteiger partial charge in [-0.05, 0) is 37.8 Å². The van der Waals surface area contributed by atoms with E-state index in [2.05, 4.69) is 0 Å². The number of nitrogens with zero attached hydrogens (tertiary/aromatic N) is 1.